The molecule has 1 heterocycles. The van der Waals surface area contributed by atoms with E-state index >= 15 is 0 Å². The Bertz CT molecular complexity index is 564. The second-order valence-corrected chi connectivity index (χ2v) is 5.39. The molecule has 0 saturated heterocycles. The first-order valence-electron chi connectivity index (χ1n) is 4.85. The summed E-state index contributed by atoms with van der Waals surface area (Å²) < 4.78 is 6.38. The molecule has 0 fully saturated rings. The van der Waals surface area contributed by atoms with Crippen molar-refractivity contribution in [3.8, 4) is 17.5 Å². The quantitative estimate of drug-likeness (QED) is 0.812. The van der Waals surface area contributed by atoms with Gasteiger partial charge in [0.05, 0.1) is 16.9 Å². The first-order valence-corrected chi connectivity index (χ1v) is 6.52. The van der Waals surface area contributed by atoms with Gasteiger partial charge in [-0.2, -0.15) is 5.26 Å². The fourth-order valence-electron chi connectivity index (χ4n) is 1.18. The molecule has 0 radical (unpaired) electrons. The van der Waals surface area contributed by atoms with Gasteiger partial charge in [-0.05, 0) is 46.7 Å². The summed E-state index contributed by atoms with van der Waals surface area (Å²) in [5.74, 6) is 0.449. The van der Waals surface area contributed by atoms with E-state index in [4.69, 9.17) is 9.68 Å². The fourth-order valence-corrected chi connectivity index (χ4v) is 2.20. The zero-order valence-electron chi connectivity index (χ0n) is 8.92. The predicted molar refractivity (Wildman–Crippen MR) is 68.4 cm³/mol. The number of nitrogens with zero attached hydrogens (tertiary/aromatic N) is 3. The maximum absolute atomic E-state index is 8.70. The van der Waals surface area contributed by atoms with E-state index in [9.17, 15) is 0 Å². The monoisotopic (exact) mass is 309 g/mol. The normalized spacial score (nSPS) is 12.1. The van der Waals surface area contributed by atoms with Crippen molar-refractivity contribution in [3.05, 3.63) is 28.7 Å². The maximum Gasteiger partial charge on any atom is 0.278 e. The first kappa shape index (κ1) is 12.1. The highest BCUT2D eigenvalue weighted by molar-refractivity contribution is 9.10. The largest absolute Gasteiger partial charge is 0.411 e. The standard InChI is InChI=1S/C11H8BrN3OS/c1-7(6-13)17-11-15-14-10(16-11)8-4-2-3-5-9(8)12/h2-5,7H,1H3/t7-/m0/s1. The molecule has 0 bridgehead atoms. The summed E-state index contributed by atoms with van der Waals surface area (Å²) in [6.07, 6.45) is 0. The van der Waals surface area contributed by atoms with Gasteiger partial charge in [0.25, 0.3) is 5.22 Å². The number of thioether (sulfide) groups is 1. The summed E-state index contributed by atoms with van der Waals surface area (Å²) in [6.45, 7) is 1.78. The van der Waals surface area contributed by atoms with Crippen LogP contribution in [0.5, 0.6) is 0 Å². The Balaban J connectivity index is 2.25. The molecule has 0 spiro atoms. The SMILES string of the molecule is C[C@@H](C#N)Sc1nnc(-c2ccccc2Br)o1. The van der Waals surface area contributed by atoms with Gasteiger partial charge in [-0.1, -0.05) is 12.1 Å². The fraction of sp³-hybridized carbons (Fsp3) is 0.182. The lowest BCUT2D eigenvalue weighted by Gasteiger charge is -1.97. The van der Waals surface area contributed by atoms with Crippen LogP contribution in [0.2, 0.25) is 0 Å². The molecule has 1 aromatic carbocycles. The lowest BCUT2D eigenvalue weighted by molar-refractivity contribution is 0.465. The van der Waals surface area contributed by atoms with Gasteiger partial charge in [0.2, 0.25) is 5.89 Å². The molecule has 2 rings (SSSR count). The minimum Gasteiger partial charge on any atom is -0.411 e. The Hall–Kier alpha value is -1.32. The lowest BCUT2D eigenvalue weighted by Crippen LogP contribution is -1.88. The molecule has 6 heteroatoms. The molecule has 4 nitrogen and oxygen atoms in total. The van der Waals surface area contributed by atoms with E-state index in [1.165, 1.54) is 11.8 Å². The van der Waals surface area contributed by atoms with Gasteiger partial charge in [0.1, 0.15) is 0 Å². The Labute approximate surface area is 111 Å². The van der Waals surface area contributed by atoms with Crippen molar-refractivity contribution in [2.24, 2.45) is 0 Å². The van der Waals surface area contributed by atoms with Crippen LogP contribution in [-0.2, 0) is 0 Å². The van der Waals surface area contributed by atoms with Gasteiger partial charge >= 0.3 is 0 Å². The van der Waals surface area contributed by atoms with Gasteiger partial charge in [0.15, 0.2) is 0 Å². The van der Waals surface area contributed by atoms with Crippen molar-refractivity contribution >= 4 is 27.7 Å². The van der Waals surface area contributed by atoms with Gasteiger partial charge in [0, 0.05) is 4.47 Å². The smallest absolute Gasteiger partial charge is 0.278 e. The molecule has 17 heavy (non-hydrogen) atoms. The topological polar surface area (TPSA) is 62.7 Å². The molecule has 86 valence electrons. The Morgan fingerprint density at radius 1 is 1.41 bits per heavy atom. The van der Waals surface area contributed by atoms with Crippen molar-refractivity contribution in [3.63, 3.8) is 0 Å². The van der Waals surface area contributed by atoms with E-state index in [1.807, 2.05) is 24.3 Å². The second kappa shape index (κ2) is 5.34. The molecule has 1 atom stereocenters. The minimum absolute atomic E-state index is 0.206. The van der Waals surface area contributed by atoms with Crippen LogP contribution in [0, 0.1) is 11.3 Å². The molecule has 0 aliphatic rings. The van der Waals surface area contributed by atoms with Gasteiger partial charge in [-0.15, -0.1) is 10.2 Å². The third-order valence-electron chi connectivity index (χ3n) is 1.97. The van der Waals surface area contributed by atoms with Crippen molar-refractivity contribution in [1.82, 2.24) is 10.2 Å². The van der Waals surface area contributed by atoms with Crippen molar-refractivity contribution in [2.75, 3.05) is 0 Å². The molecular weight excluding hydrogens is 302 g/mol. The summed E-state index contributed by atoms with van der Waals surface area (Å²) in [7, 11) is 0. The van der Waals surface area contributed by atoms with Gasteiger partial charge in [-0.3, -0.25) is 0 Å². The molecule has 0 unspecified atom stereocenters. The number of nitriles is 1. The van der Waals surface area contributed by atoms with Gasteiger partial charge < -0.3 is 4.42 Å². The van der Waals surface area contributed by atoms with E-state index in [2.05, 4.69) is 32.2 Å². The number of hydrogen-bond acceptors (Lipinski definition) is 5. The molecular formula is C11H8BrN3OS. The number of benzene rings is 1. The van der Waals surface area contributed by atoms with Crippen LogP contribution in [0.3, 0.4) is 0 Å². The van der Waals surface area contributed by atoms with E-state index in [-0.39, 0.29) is 5.25 Å². The third kappa shape index (κ3) is 2.87. The number of rotatable bonds is 3. The van der Waals surface area contributed by atoms with Crippen LogP contribution < -0.4 is 0 Å². The van der Waals surface area contributed by atoms with E-state index in [0.29, 0.717) is 11.1 Å². The molecule has 0 aliphatic heterocycles. The Kier molecular flexibility index (Phi) is 3.82. The third-order valence-corrected chi connectivity index (χ3v) is 3.49. The summed E-state index contributed by atoms with van der Waals surface area (Å²) >= 11 is 4.67. The second-order valence-electron chi connectivity index (χ2n) is 3.24. The zero-order valence-corrected chi connectivity index (χ0v) is 11.3. The first-order chi connectivity index (χ1) is 8.20. The molecule has 0 aliphatic carbocycles. The molecule has 0 amide bonds. The van der Waals surface area contributed by atoms with Gasteiger partial charge in [-0.25, -0.2) is 0 Å². The maximum atomic E-state index is 8.70. The summed E-state index contributed by atoms with van der Waals surface area (Å²) in [4.78, 5) is 0. The van der Waals surface area contributed by atoms with Crippen LogP contribution in [0.1, 0.15) is 6.92 Å². The van der Waals surface area contributed by atoms with Crippen LogP contribution in [0.25, 0.3) is 11.5 Å². The van der Waals surface area contributed by atoms with Crippen LogP contribution in [0.15, 0.2) is 38.4 Å². The molecule has 2 aromatic rings. The van der Waals surface area contributed by atoms with E-state index in [1.54, 1.807) is 6.92 Å². The Morgan fingerprint density at radius 3 is 2.88 bits per heavy atom. The van der Waals surface area contributed by atoms with E-state index in [0.717, 1.165) is 10.0 Å². The lowest BCUT2D eigenvalue weighted by atomic mass is 10.2. The minimum atomic E-state index is -0.206. The van der Waals surface area contributed by atoms with E-state index < -0.39 is 0 Å². The number of aromatic nitrogens is 2. The average molecular weight is 310 g/mol. The van der Waals surface area contributed by atoms with Crippen LogP contribution >= 0.6 is 27.7 Å². The van der Waals surface area contributed by atoms with Crippen LogP contribution in [0.4, 0.5) is 0 Å². The number of hydrogen-bond donors (Lipinski definition) is 0. The van der Waals surface area contributed by atoms with Crippen molar-refractivity contribution in [2.45, 2.75) is 17.4 Å². The molecule has 1 aromatic heterocycles. The Morgan fingerprint density at radius 2 is 2.18 bits per heavy atom. The highest BCUT2D eigenvalue weighted by Crippen LogP contribution is 2.29. The highest BCUT2D eigenvalue weighted by Gasteiger charge is 2.13. The van der Waals surface area contributed by atoms with Crippen molar-refractivity contribution < 1.29 is 4.42 Å². The number of halogens is 1. The van der Waals surface area contributed by atoms with Crippen LogP contribution in [-0.4, -0.2) is 15.4 Å². The average Bonchev–Trinajstić information content (AvgIpc) is 2.78. The predicted octanol–water partition coefficient (Wildman–Crippen LogP) is 3.50. The highest BCUT2D eigenvalue weighted by atomic mass is 79.9. The summed E-state index contributed by atoms with van der Waals surface area (Å²) in [6, 6.07) is 9.71. The summed E-state index contributed by atoms with van der Waals surface area (Å²) in [5.41, 5.74) is 0.844. The molecule has 0 saturated carbocycles. The van der Waals surface area contributed by atoms with Crippen molar-refractivity contribution in [1.29, 1.82) is 5.26 Å². The zero-order chi connectivity index (χ0) is 12.3. The molecule has 0 N–H and O–H groups in total. The summed E-state index contributed by atoms with van der Waals surface area (Å²) in [5, 5.41) is 16.8.